The zero-order valence-corrected chi connectivity index (χ0v) is 12.1. The molecule has 0 spiro atoms. The Labute approximate surface area is 94.5 Å². The number of carbonyl (C=O) groups is 1. The van der Waals surface area contributed by atoms with E-state index in [9.17, 15) is 4.79 Å². The molecule has 0 radical (unpaired) electrons. The summed E-state index contributed by atoms with van der Waals surface area (Å²) in [5, 5.41) is 0.167. The van der Waals surface area contributed by atoms with Gasteiger partial charge in [0.15, 0.2) is 8.32 Å². The second kappa shape index (κ2) is 4.26. The van der Waals surface area contributed by atoms with Gasteiger partial charge in [-0.1, -0.05) is 20.8 Å². The highest BCUT2D eigenvalue weighted by Crippen LogP contribution is 2.37. The van der Waals surface area contributed by atoms with E-state index in [-0.39, 0.29) is 10.9 Å². The fraction of sp³-hybridized carbons (Fsp3) is 0.909. The van der Waals surface area contributed by atoms with Gasteiger partial charge in [-0.3, -0.25) is 4.79 Å². The van der Waals surface area contributed by atoms with Crippen molar-refractivity contribution in [1.82, 2.24) is 0 Å². The van der Waals surface area contributed by atoms with Crippen molar-refractivity contribution in [2.24, 2.45) is 11.1 Å². The molecule has 0 aromatic heterocycles. The highest BCUT2D eigenvalue weighted by atomic mass is 28.4. The smallest absolute Gasteiger partial charge is 0.225 e. The molecule has 0 saturated heterocycles. The van der Waals surface area contributed by atoms with Gasteiger partial charge in [0.25, 0.3) is 0 Å². The Hall–Kier alpha value is -0.353. The van der Waals surface area contributed by atoms with Crippen LogP contribution >= 0.6 is 0 Å². The maximum absolute atomic E-state index is 11.1. The molecule has 0 bridgehead atoms. The van der Waals surface area contributed by atoms with E-state index in [1.165, 1.54) is 0 Å². The molecule has 2 N–H and O–H groups in total. The summed E-state index contributed by atoms with van der Waals surface area (Å²) in [4.78, 5) is 11.1. The summed E-state index contributed by atoms with van der Waals surface area (Å²) in [6.07, 6.45) is 0. The maximum Gasteiger partial charge on any atom is 0.225 e. The van der Waals surface area contributed by atoms with Crippen molar-refractivity contribution in [3.8, 4) is 0 Å². The monoisotopic (exact) mass is 231 g/mol. The predicted molar refractivity (Wildman–Crippen MR) is 66.1 cm³/mol. The average Bonchev–Trinajstić information content (AvgIpc) is 1.99. The number of hydrogen-bond acceptors (Lipinski definition) is 2. The first-order valence-corrected chi connectivity index (χ1v) is 8.25. The molecule has 1 amide bonds. The molecule has 3 nitrogen and oxygen atoms in total. The van der Waals surface area contributed by atoms with Gasteiger partial charge < -0.3 is 10.2 Å². The highest BCUT2D eigenvalue weighted by Gasteiger charge is 2.39. The molecule has 0 fully saturated rings. The van der Waals surface area contributed by atoms with Crippen molar-refractivity contribution in [3.05, 3.63) is 0 Å². The Kier molecular flexibility index (Phi) is 4.16. The van der Waals surface area contributed by atoms with Crippen LogP contribution < -0.4 is 5.73 Å². The molecule has 0 heterocycles. The standard InChI is InChI=1S/C11H25NO2Si/c1-10(2,3)15(6,7)14-8-11(4,5)9(12)13/h8H2,1-7H3,(H2,12,13). The van der Waals surface area contributed by atoms with Crippen LogP contribution in [0.5, 0.6) is 0 Å². The van der Waals surface area contributed by atoms with E-state index in [0.29, 0.717) is 6.61 Å². The third kappa shape index (κ3) is 3.95. The van der Waals surface area contributed by atoms with E-state index in [4.69, 9.17) is 10.2 Å². The van der Waals surface area contributed by atoms with Crippen molar-refractivity contribution in [1.29, 1.82) is 0 Å². The van der Waals surface area contributed by atoms with Gasteiger partial charge in [0.1, 0.15) is 0 Å². The molecule has 0 aliphatic carbocycles. The predicted octanol–water partition coefficient (Wildman–Crippen LogP) is 2.52. The molecule has 4 heteroatoms. The second-order valence-corrected chi connectivity index (χ2v) is 11.1. The normalized spacial score (nSPS) is 14.1. The topological polar surface area (TPSA) is 52.3 Å². The largest absolute Gasteiger partial charge is 0.416 e. The minimum absolute atomic E-state index is 0.167. The molecule has 0 atom stereocenters. The summed E-state index contributed by atoms with van der Waals surface area (Å²) in [5.41, 5.74) is 4.73. The fourth-order valence-electron chi connectivity index (χ4n) is 0.648. The molecule has 0 saturated carbocycles. The third-order valence-electron chi connectivity index (χ3n) is 3.27. The summed E-state index contributed by atoms with van der Waals surface area (Å²) in [5.74, 6) is -0.304. The van der Waals surface area contributed by atoms with Gasteiger partial charge in [-0.05, 0) is 32.0 Å². The average molecular weight is 231 g/mol. The van der Waals surface area contributed by atoms with Gasteiger partial charge in [0.2, 0.25) is 5.91 Å². The first kappa shape index (κ1) is 14.6. The minimum Gasteiger partial charge on any atom is -0.416 e. The van der Waals surface area contributed by atoms with Crippen LogP contribution in [0.3, 0.4) is 0 Å². The van der Waals surface area contributed by atoms with Crippen LogP contribution in [-0.2, 0) is 9.22 Å². The summed E-state index contributed by atoms with van der Waals surface area (Å²) < 4.78 is 5.96. The molecule has 0 aromatic carbocycles. The van der Waals surface area contributed by atoms with Gasteiger partial charge in [-0.15, -0.1) is 0 Å². The number of primary amides is 1. The molecule has 0 aliphatic heterocycles. The number of rotatable bonds is 4. The maximum atomic E-state index is 11.1. The lowest BCUT2D eigenvalue weighted by atomic mass is 9.94. The zero-order chi connectivity index (χ0) is 12.5. The fourth-order valence-corrected chi connectivity index (χ4v) is 1.80. The summed E-state index contributed by atoms with van der Waals surface area (Å²) in [6, 6.07) is 0. The summed E-state index contributed by atoms with van der Waals surface area (Å²) in [7, 11) is -1.77. The number of nitrogens with two attached hydrogens (primary N) is 1. The summed E-state index contributed by atoms with van der Waals surface area (Å²) in [6.45, 7) is 14.9. The first-order valence-electron chi connectivity index (χ1n) is 5.34. The van der Waals surface area contributed by atoms with Gasteiger partial charge in [0.05, 0.1) is 5.41 Å². The first-order chi connectivity index (χ1) is 6.40. The van der Waals surface area contributed by atoms with Crippen LogP contribution in [0, 0.1) is 5.41 Å². The lowest BCUT2D eigenvalue weighted by Gasteiger charge is -2.38. The second-order valence-electron chi connectivity index (χ2n) is 6.30. The summed E-state index contributed by atoms with van der Waals surface area (Å²) >= 11 is 0. The molecular weight excluding hydrogens is 206 g/mol. The Morgan fingerprint density at radius 3 is 1.87 bits per heavy atom. The van der Waals surface area contributed by atoms with Crippen LogP contribution in [0.1, 0.15) is 34.6 Å². The molecular formula is C11H25NO2Si. The molecule has 15 heavy (non-hydrogen) atoms. The molecule has 90 valence electrons. The van der Waals surface area contributed by atoms with Crippen LogP contribution in [0.2, 0.25) is 18.1 Å². The highest BCUT2D eigenvalue weighted by molar-refractivity contribution is 6.74. The van der Waals surface area contributed by atoms with Crippen LogP contribution in [0.25, 0.3) is 0 Å². The van der Waals surface area contributed by atoms with E-state index >= 15 is 0 Å². The van der Waals surface area contributed by atoms with Gasteiger partial charge in [-0.25, -0.2) is 0 Å². The van der Waals surface area contributed by atoms with E-state index in [1.807, 2.05) is 13.8 Å². The van der Waals surface area contributed by atoms with Crippen molar-refractivity contribution in [3.63, 3.8) is 0 Å². The third-order valence-corrected chi connectivity index (χ3v) is 7.75. The molecule has 0 unspecified atom stereocenters. The Bertz CT molecular complexity index is 241. The van der Waals surface area contributed by atoms with Crippen LogP contribution in [-0.4, -0.2) is 20.8 Å². The Balaban J connectivity index is 4.47. The lowest BCUT2D eigenvalue weighted by molar-refractivity contribution is -0.127. The van der Waals surface area contributed by atoms with Crippen molar-refractivity contribution in [2.45, 2.75) is 52.8 Å². The van der Waals surface area contributed by atoms with Gasteiger partial charge in [0, 0.05) is 6.61 Å². The van der Waals surface area contributed by atoms with E-state index in [0.717, 1.165) is 0 Å². The number of carbonyl (C=O) groups excluding carboxylic acids is 1. The van der Waals surface area contributed by atoms with Gasteiger partial charge >= 0.3 is 0 Å². The molecule has 0 aliphatic rings. The number of hydrogen-bond donors (Lipinski definition) is 1. The molecule has 0 aromatic rings. The Morgan fingerprint density at radius 1 is 1.20 bits per heavy atom. The quantitative estimate of drug-likeness (QED) is 0.756. The zero-order valence-electron chi connectivity index (χ0n) is 11.1. The van der Waals surface area contributed by atoms with Gasteiger partial charge in [-0.2, -0.15) is 0 Å². The van der Waals surface area contributed by atoms with Crippen LogP contribution in [0.15, 0.2) is 0 Å². The van der Waals surface area contributed by atoms with E-state index < -0.39 is 13.7 Å². The van der Waals surface area contributed by atoms with Crippen molar-refractivity contribution < 1.29 is 9.22 Å². The number of amides is 1. The lowest BCUT2D eigenvalue weighted by Crippen LogP contribution is -2.45. The van der Waals surface area contributed by atoms with E-state index in [1.54, 1.807) is 0 Å². The van der Waals surface area contributed by atoms with Crippen LogP contribution in [0.4, 0.5) is 0 Å². The van der Waals surface area contributed by atoms with Crippen molar-refractivity contribution in [2.75, 3.05) is 6.61 Å². The van der Waals surface area contributed by atoms with Crippen molar-refractivity contribution >= 4 is 14.2 Å². The molecule has 0 rings (SSSR count). The SMILES string of the molecule is CC(C)(CO[Si](C)(C)C(C)(C)C)C(N)=O. The Morgan fingerprint density at radius 2 is 1.60 bits per heavy atom. The minimum atomic E-state index is -1.77. The van der Waals surface area contributed by atoms with E-state index in [2.05, 4.69) is 33.9 Å².